The molecule has 1 aliphatic carbocycles. The molecule has 0 radical (unpaired) electrons. The van der Waals surface area contributed by atoms with Crippen LogP contribution >= 0.6 is 11.8 Å². The van der Waals surface area contributed by atoms with E-state index >= 15 is 0 Å². The predicted molar refractivity (Wildman–Crippen MR) is 83.0 cm³/mol. The van der Waals surface area contributed by atoms with E-state index < -0.39 is 14.9 Å². The fourth-order valence-corrected chi connectivity index (χ4v) is 4.72. The molecule has 1 saturated carbocycles. The molecule has 0 unspecified atom stereocenters. The average Bonchev–Trinajstić information content (AvgIpc) is 2.97. The minimum atomic E-state index is -3.68. The van der Waals surface area contributed by atoms with Crippen LogP contribution in [-0.4, -0.2) is 30.9 Å². The number of hydrogen-bond donors (Lipinski definition) is 1. The van der Waals surface area contributed by atoms with Gasteiger partial charge in [0, 0.05) is 29.7 Å². The standard InChI is InChI=1S/C13H18N2O4S2/c16-15(17)11-4-3-7-13(10-11)21(18,19)14-8-9-20-12-5-1-2-6-12/h3-4,7,10,12,14H,1-2,5-6,8-9H2. The number of sulfonamides is 1. The van der Waals surface area contributed by atoms with Crippen LogP contribution in [0.25, 0.3) is 0 Å². The highest BCUT2D eigenvalue weighted by Crippen LogP contribution is 2.29. The number of non-ortho nitro benzene ring substituents is 1. The maximum atomic E-state index is 12.1. The topological polar surface area (TPSA) is 89.3 Å². The van der Waals surface area contributed by atoms with Gasteiger partial charge in [-0.1, -0.05) is 18.9 Å². The molecule has 6 nitrogen and oxygen atoms in total. The van der Waals surface area contributed by atoms with Crippen LogP contribution in [0, 0.1) is 10.1 Å². The van der Waals surface area contributed by atoms with Gasteiger partial charge >= 0.3 is 0 Å². The molecule has 21 heavy (non-hydrogen) atoms. The zero-order chi connectivity index (χ0) is 15.3. The van der Waals surface area contributed by atoms with Crippen LogP contribution in [0.3, 0.4) is 0 Å². The predicted octanol–water partition coefficient (Wildman–Crippen LogP) is 2.55. The van der Waals surface area contributed by atoms with Gasteiger partial charge in [-0.25, -0.2) is 13.1 Å². The lowest BCUT2D eigenvalue weighted by Crippen LogP contribution is -2.26. The molecule has 0 aliphatic heterocycles. The molecule has 0 aromatic heterocycles. The maximum absolute atomic E-state index is 12.1. The molecule has 0 saturated heterocycles. The van der Waals surface area contributed by atoms with Crippen molar-refractivity contribution < 1.29 is 13.3 Å². The Morgan fingerprint density at radius 3 is 2.71 bits per heavy atom. The number of nitro benzene ring substituents is 1. The summed E-state index contributed by atoms with van der Waals surface area (Å²) in [4.78, 5) is 10.0. The molecular weight excluding hydrogens is 312 g/mol. The summed E-state index contributed by atoms with van der Waals surface area (Å²) in [6.07, 6.45) is 4.94. The van der Waals surface area contributed by atoms with Gasteiger partial charge in [-0.15, -0.1) is 0 Å². The lowest BCUT2D eigenvalue weighted by molar-refractivity contribution is -0.385. The summed E-state index contributed by atoms with van der Waals surface area (Å²) in [5.74, 6) is 0.721. The minimum absolute atomic E-state index is 0.0671. The van der Waals surface area contributed by atoms with E-state index in [1.54, 1.807) is 11.8 Å². The van der Waals surface area contributed by atoms with Crippen molar-refractivity contribution in [1.29, 1.82) is 0 Å². The third-order valence-corrected chi connectivity index (χ3v) is 6.23. The first-order valence-corrected chi connectivity index (χ1v) is 9.38. The van der Waals surface area contributed by atoms with Gasteiger partial charge in [0.25, 0.3) is 5.69 Å². The van der Waals surface area contributed by atoms with E-state index in [1.165, 1.54) is 43.9 Å². The Labute approximate surface area is 128 Å². The van der Waals surface area contributed by atoms with Gasteiger partial charge in [-0.2, -0.15) is 11.8 Å². The smallest absolute Gasteiger partial charge is 0.258 e. The molecule has 2 rings (SSSR count). The lowest BCUT2D eigenvalue weighted by Gasteiger charge is -2.09. The highest BCUT2D eigenvalue weighted by Gasteiger charge is 2.18. The van der Waals surface area contributed by atoms with Crippen molar-refractivity contribution in [3.05, 3.63) is 34.4 Å². The molecule has 1 aromatic carbocycles. The first-order chi connectivity index (χ1) is 9.99. The second-order valence-electron chi connectivity index (χ2n) is 4.93. The zero-order valence-electron chi connectivity index (χ0n) is 11.5. The lowest BCUT2D eigenvalue weighted by atomic mass is 10.3. The average molecular weight is 330 g/mol. The van der Waals surface area contributed by atoms with E-state index in [2.05, 4.69) is 4.72 Å². The number of benzene rings is 1. The molecular formula is C13H18N2O4S2. The number of nitrogens with zero attached hydrogens (tertiary/aromatic N) is 1. The largest absolute Gasteiger partial charge is 0.270 e. The molecule has 8 heteroatoms. The molecule has 0 bridgehead atoms. The van der Waals surface area contributed by atoms with Gasteiger partial charge < -0.3 is 0 Å². The van der Waals surface area contributed by atoms with E-state index in [1.807, 2.05) is 0 Å². The summed E-state index contributed by atoms with van der Waals surface area (Å²) < 4.78 is 26.6. The molecule has 0 atom stereocenters. The van der Waals surface area contributed by atoms with E-state index in [0.29, 0.717) is 11.8 Å². The van der Waals surface area contributed by atoms with Gasteiger partial charge in [0.1, 0.15) is 0 Å². The van der Waals surface area contributed by atoms with Gasteiger partial charge in [0.05, 0.1) is 9.82 Å². The van der Waals surface area contributed by atoms with Crippen molar-refractivity contribution in [3.8, 4) is 0 Å². The molecule has 0 spiro atoms. The molecule has 1 aliphatic rings. The first kappa shape index (κ1) is 16.3. The van der Waals surface area contributed by atoms with Crippen molar-refractivity contribution in [2.75, 3.05) is 12.3 Å². The van der Waals surface area contributed by atoms with Crippen LogP contribution in [0.15, 0.2) is 29.2 Å². The highest BCUT2D eigenvalue weighted by atomic mass is 32.2. The van der Waals surface area contributed by atoms with Crippen LogP contribution in [0.2, 0.25) is 0 Å². The summed E-state index contributed by atoms with van der Waals surface area (Å²) >= 11 is 1.79. The summed E-state index contributed by atoms with van der Waals surface area (Å²) in [5.41, 5.74) is -0.224. The van der Waals surface area contributed by atoms with Crippen LogP contribution in [-0.2, 0) is 10.0 Å². The van der Waals surface area contributed by atoms with E-state index in [9.17, 15) is 18.5 Å². The molecule has 0 amide bonds. The Bertz CT molecular complexity index is 598. The molecule has 1 fully saturated rings. The Morgan fingerprint density at radius 1 is 1.33 bits per heavy atom. The van der Waals surface area contributed by atoms with Crippen LogP contribution in [0.4, 0.5) is 5.69 Å². The third-order valence-electron chi connectivity index (χ3n) is 3.39. The van der Waals surface area contributed by atoms with Crippen molar-refractivity contribution in [1.82, 2.24) is 4.72 Å². The van der Waals surface area contributed by atoms with Crippen molar-refractivity contribution in [2.45, 2.75) is 35.8 Å². The summed E-state index contributed by atoms with van der Waals surface area (Å²) in [6, 6.07) is 5.08. The zero-order valence-corrected chi connectivity index (χ0v) is 13.2. The Kier molecular flexibility index (Phi) is 5.60. The minimum Gasteiger partial charge on any atom is -0.258 e. The second-order valence-corrected chi connectivity index (χ2v) is 8.10. The fourth-order valence-electron chi connectivity index (χ4n) is 2.30. The summed E-state index contributed by atoms with van der Waals surface area (Å²) in [6.45, 7) is 0.339. The first-order valence-electron chi connectivity index (χ1n) is 6.85. The third kappa shape index (κ3) is 4.69. The SMILES string of the molecule is O=[N+]([O-])c1cccc(S(=O)(=O)NCCSC2CCCC2)c1. The highest BCUT2D eigenvalue weighted by molar-refractivity contribution is 8.00. The van der Waals surface area contributed by atoms with Gasteiger partial charge in [-0.3, -0.25) is 10.1 Å². The van der Waals surface area contributed by atoms with Crippen LogP contribution in [0.5, 0.6) is 0 Å². The summed E-state index contributed by atoms with van der Waals surface area (Å²) in [5, 5.41) is 11.3. The number of hydrogen-bond acceptors (Lipinski definition) is 5. The Balaban J connectivity index is 1.88. The van der Waals surface area contributed by atoms with Crippen LogP contribution in [0.1, 0.15) is 25.7 Å². The normalized spacial score (nSPS) is 16.2. The van der Waals surface area contributed by atoms with Crippen molar-refractivity contribution in [3.63, 3.8) is 0 Å². The molecule has 116 valence electrons. The van der Waals surface area contributed by atoms with Gasteiger partial charge in [0.15, 0.2) is 0 Å². The Hall–Kier alpha value is -1.12. The fraction of sp³-hybridized carbons (Fsp3) is 0.538. The summed E-state index contributed by atoms with van der Waals surface area (Å²) in [7, 11) is -3.68. The van der Waals surface area contributed by atoms with Crippen molar-refractivity contribution in [2.24, 2.45) is 0 Å². The van der Waals surface area contributed by atoms with Gasteiger partial charge in [0.2, 0.25) is 10.0 Å². The van der Waals surface area contributed by atoms with Gasteiger partial charge in [-0.05, 0) is 18.9 Å². The van der Waals surface area contributed by atoms with E-state index in [-0.39, 0.29) is 10.6 Å². The number of rotatable bonds is 7. The van der Waals surface area contributed by atoms with E-state index in [0.717, 1.165) is 11.8 Å². The second kappa shape index (κ2) is 7.24. The van der Waals surface area contributed by atoms with Crippen molar-refractivity contribution >= 4 is 27.5 Å². The molecule has 0 heterocycles. The number of nitro groups is 1. The number of thioether (sulfide) groups is 1. The Morgan fingerprint density at radius 2 is 2.05 bits per heavy atom. The molecule has 1 aromatic rings. The van der Waals surface area contributed by atoms with E-state index in [4.69, 9.17) is 0 Å². The quantitative estimate of drug-likeness (QED) is 0.471. The van der Waals surface area contributed by atoms with Crippen LogP contribution < -0.4 is 4.72 Å². The molecule has 1 N–H and O–H groups in total. The monoisotopic (exact) mass is 330 g/mol. The maximum Gasteiger partial charge on any atom is 0.270 e. The number of nitrogens with one attached hydrogen (secondary N) is 1.